The second-order valence-electron chi connectivity index (χ2n) is 2.79. The molecule has 0 amide bonds. The SMILES string of the molecule is CCCCC(O)c1sccc1Cl. The summed E-state index contributed by atoms with van der Waals surface area (Å²) in [5.41, 5.74) is 0. The predicted octanol–water partition coefficient (Wildman–Crippen LogP) is 3.63. The topological polar surface area (TPSA) is 20.2 Å². The summed E-state index contributed by atoms with van der Waals surface area (Å²) in [4.78, 5) is 0.908. The summed E-state index contributed by atoms with van der Waals surface area (Å²) in [5, 5.41) is 12.3. The van der Waals surface area contributed by atoms with E-state index in [1.165, 1.54) is 11.3 Å². The molecule has 1 heterocycles. The van der Waals surface area contributed by atoms with Crippen molar-refractivity contribution in [2.45, 2.75) is 32.3 Å². The van der Waals surface area contributed by atoms with Crippen LogP contribution in [0.25, 0.3) is 0 Å². The van der Waals surface area contributed by atoms with E-state index in [9.17, 15) is 5.11 Å². The van der Waals surface area contributed by atoms with Gasteiger partial charge in [0.05, 0.1) is 16.0 Å². The van der Waals surface area contributed by atoms with Gasteiger partial charge in [-0.25, -0.2) is 0 Å². The molecule has 0 radical (unpaired) electrons. The molecule has 1 N–H and O–H groups in total. The maximum absolute atomic E-state index is 9.65. The highest BCUT2D eigenvalue weighted by Gasteiger charge is 2.11. The summed E-state index contributed by atoms with van der Waals surface area (Å²) in [6, 6.07) is 1.83. The Hall–Kier alpha value is -0.0500. The highest BCUT2D eigenvalue weighted by molar-refractivity contribution is 7.10. The summed E-state index contributed by atoms with van der Waals surface area (Å²) in [6.45, 7) is 2.11. The van der Waals surface area contributed by atoms with Crippen molar-refractivity contribution in [3.05, 3.63) is 21.3 Å². The first-order valence-electron chi connectivity index (χ1n) is 4.16. The fraction of sp³-hybridized carbons (Fsp3) is 0.556. The molecule has 1 atom stereocenters. The van der Waals surface area contributed by atoms with Crippen molar-refractivity contribution >= 4 is 22.9 Å². The number of thiophene rings is 1. The zero-order chi connectivity index (χ0) is 8.97. The first-order chi connectivity index (χ1) is 5.75. The number of hydrogen-bond donors (Lipinski definition) is 1. The molecule has 1 aromatic rings. The first kappa shape index (κ1) is 10.0. The fourth-order valence-corrected chi connectivity index (χ4v) is 2.28. The van der Waals surface area contributed by atoms with Crippen molar-refractivity contribution in [1.29, 1.82) is 0 Å². The zero-order valence-electron chi connectivity index (χ0n) is 7.09. The molecular weight excluding hydrogens is 192 g/mol. The summed E-state index contributed by atoms with van der Waals surface area (Å²) in [6.07, 6.45) is 2.61. The quantitative estimate of drug-likeness (QED) is 0.794. The Morgan fingerprint density at radius 1 is 1.67 bits per heavy atom. The van der Waals surface area contributed by atoms with E-state index in [-0.39, 0.29) is 6.10 Å². The van der Waals surface area contributed by atoms with Gasteiger partial charge in [0.2, 0.25) is 0 Å². The lowest BCUT2D eigenvalue weighted by Gasteiger charge is -2.07. The summed E-state index contributed by atoms with van der Waals surface area (Å²) in [7, 11) is 0. The van der Waals surface area contributed by atoms with Crippen molar-refractivity contribution in [2.75, 3.05) is 0 Å². The molecule has 0 bridgehead atoms. The van der Waals surface area contributed by atoms with Crippen LogP contribution in [-0.2, 0) is 0 Å². The smallest absolute Gasteiger partial charge is 0.0896 e. The van der Waals surface area contributed by atoms with Crippen LogP contribution < -0.4 is 0 Å². The van der Waals surface area contributed by atoms with Gasteiger partial charge in [-0.3, -0.25) is 0 Å². The van der Waals surface area contributed by atoms with Crippen LogP contribution in [0.15, 0.2) is 11.4 Å². The largest absolute Gasteiger partial charge is 0.388 e. The molecule has 12 heavy (non-hydrogen) atoms. The molecule has 0 fully saturated rings. The molecule has 0 saturated heterocycles. The average molecular weight is 205 g/mol. The van der Waals surface area contributed by atoms with Crippen LogP contribution in [0, 0.1) is 0 Å². The van der Waals surface area contributed by atoms with Gasteiger partial charge in [-0.1, -0.05) is 31.4 Å². The van der Waals surface area contributed by atoms with Gasteiger partial charge in [-0.15, -0.1) is 11.3 Å². The van der Waals surface area contributed by atoms with E-state index in [0.717, 1.165) is 24.1 Å². The third-order valence-electron chi connectivity index (χ3n) is 1.78. The van der Waals surface area contributed by atoms with Gasteiger partial charge < -0.3 is 5.11 Å². The third-order valence-corrected chi connectivity index (χ3v) is 3.24. The summed E-state index contributed by atoms with van der Waals surface area (Å²) >= 11 is 7.39. The second-order valence-corrected chi connectivity index (χ2v) is 4.15. The van der Waals surface area contributed by atoms with Gasteiger partial charge in [0, 0.05) is 0 Å². The molecule has 0 aliphatic heterocycles. The third kappa shape index (κ3) is 2.47. The molecule has 0 aromatic carbocycles. The number of aliphatic hydroxyl groups excluding tert-OH is 1. The molecule has 3 heteroatoms. The minimum Gasteiger partial charge on any atom is -0.388 e. The van der Waals surface area contributed by atoms with E-state index in [2.05, 4.69) is 6.92 Å². The molecule has 1 rings (SSSR count). The Kier molecular flexibility index (Phi) is 4.06. The number of halogens is 1. The van der Waals surface area contributed by atoms with E-state index in [0.29, 0.717) is 5.02 Å². The van der Waals surface area contributed by atoms with Gasteiger partial charge in [0.1, 0.15) is 0 Å². The number of unbranched alkanes of at least 4 members (excludes halogenated alkanes) is 1. The normalized spacial score (nSPS) is 13.2. The molecular formula is C9H13ClOS. The van der Waals surface area contributed by atoms with E-state index >= 15 is 0 Å². The van der Waals surface area contributed by atoms with Crippen molar-refractivity contribution in [3.63, 3.8) is 0 Å². The van der Waals surface area contributed by atoms with E-state index in [4.69, 9.17) is 11.6 Å². The molecule has 0 saturated carbocycles. The maximum atomic E-state index is 9.65. The van der Waals surface area contributed by atoms with Gasteiger partial charge in [0.25, 0.3) is 0 Å². The van der Waals surface area contributed by atoms with E-state index in [1.54, 1.807) is 0 Å². The summed E-state index contributed by atoms with van der Waals surface area (Å²) < 4.78 is 0. The van der Waals surface area contributed by atoms with Crippen molar-refractivity contribution in [3.8, 4) is 0 Å². The Labute approximate surface area is 82.0 Å². The molecule has 1 unspecified atom stereocenters. The van der Waals surface area contributed by atoms with Crippen LogP contribution in [0.3, 0.4) is 0 Å². The first-order valence-corrected chi connectivity index (χ1v) is 5.42. The Bertz CT molecular complexity index is 234. The van der Waals surface area contributed by atoms with Gasteiger partial charge in [-0.2, -0.15) is 0 Å². The van der Waals surface area contributed by atoms with Gasteiger partial charge in [-0.05, 0) is 17.9 Å². The average Bonchev–Trinajstić information content (AvgIpc) is 2.47. The van der Waals surface area contributed by atoms with E-state index in [1.807, 2.05) is 11.4 Å². The van der Waals surface area contributed by atoms with Crippen LogP contribution >= 0.6 is 22.9 Å². The minimum absolute atomic E-state index is 0.363. The van der Waals surface area contributed by atoms with Crippen LogP contribution in [0.1, 0.15) is 37.2 Å². The standard InChI is InChI=1S/C9H13ClOS/c1-2-3-4-8(11)9-7(10)5-6-12-9/h5-6,8,11H,2-4H2,1H3. The monoisotopic (exact) mass is 204 g/mol. The van der Waals surface area contributed by atoms with Crippen LogP contribution in [0.5, 0.6) is 0 Å². The lowest BCUT2D eigenvalue weighted by molar-refractivity contribution is 0.168. The number of hydrogen-bond acceptors (Lipinski definition) is 2. The molecule has 1 aromatic heterocycles. The minimum atomic E-state index is -0.363. The number of rotatable bonds is 4. The van der Waals surface area contributed by atoms with Crippen molar-refractivity contribution < 1.29 is 5.11 Å². The summed E-state index contributed by atoms with van der Waals surface area (Å²) in [5.74, 6) is 0. The Morgan fingerprint density at radius 3 is 2.92 bits per heavy atom. The Morgan fingerprint density at radius 2 is 2.42 bits per heavy atom. The maximum Gasteiger partial charge on any atom is 0.0896 e. The lowest BCUT2D eigenvalue weighted by atomic mass is 10.1. The van der Waals surface area contributed by atoms with Gasteiger partial charge >= 0.3 is 0 Å². The van der Waals surface area contributed by atoms with E-state index < -0.39 is 0 Å². The lowest BCUT2D eigenvalue weighted by Crippen LogP contribution is -1.94. The van der Waals surface area contributed by atoms with Crippen LogP contribution in [-0.4, -0.2) is 5.11 Å². The predicted molar refractivity (Wildman–Crippen MR) is 53.8 cm³/mol. The number of aliphatic hydroxyl groups is 1. The highest BCUT2D eigenvalue weighted by Crippen LogP contribution is 2.31. The van der Waals surface area contributed by atoms with Gasteiger partial charge in [0.15, 0.2) is 0 Å². The van der Waals surface area contributed by atoms with Crippen LogP contribution in [0.4, 0.5) is 0 Å². The molecule has 1 nitrogen and oxygen atoms in total. The van der Waals surface area contributed by atoms with Crippen molar-refractivity contribution in [2.24, 2.45) is 0 Å². The van der Waals surface area contributed by atoms with Crippen molar-refractivity contribution in [1.82, 2.24) is 0 Å². The molecule has 0 aliphatic carbocycles. The molecule has 0 aliphatic rings. The molecule has 0 spiro atoms. The zero-order valence-corrected chi connectivity index (χ0v) is 8.66. The Balaban J connectivity index is 2.52. The highest BCUT2D eigenvalue weighted by atomic mass is 35.5. The molecule has 68 valence electrons. The van der Waals surface area contributed by atoms with Crippen LogP contribution in [0.2, 0.25) is 5.02 Å². The second kappa shape index (κ2) is 4.85. The fourth-order valence-electron chi connectivity index (χ4n) is 1.07.